The van der Waals surface area contributed by atoms with E-state index >= 15 is 0 Å². The van der Waals surface area contributed by atoms with Crippen LogP contribution in [0.2, 0.25) is 0 Å². The zero-order valence-corrected chi connectivity index (χ0v) is 12.3. The highest BCUT2D eigenvalue weighted by molar-refractivity contribution is 7.19. The van der Waals surface area contributed by atoms with E-state index in [9.17, 15) is 5.11 Å². The number of aliphatic hydroxyl groups is 1. The van der Waals surface area contributed by atoms with Crippen LogP contribution in [0.5, 0.6) is 5.75 Å². The molecule has 0 aliphatic heterocycles. The first kappa shape index (κ1) is 13.2. The van der Waals surface area contributed by atoms with Crippen LogP contribution in [-0.2, 0) is 0 Å². The van der Waals surface area contributed by atoms with Gasteiger partial charge in [-0.05, 0) is 36.1 Å². The molecule has 3 aromatic rings. The fourth-order valence-electron chi connectivity index (χ4n) is 2.48. The minimum atomic E-state index is -0.600. The average molecular weight is 284 g/mol. The van der Waals surface area contributed by atoms with Crippen molar-refractivity contribution in [2.24, 2.45) is 0 Å². The van der Waals surface area contributed by atoms with Crippen molar-refractivity contribution < 1.29 is 9.84 Å². The summed E-state index contributed by atoms with van der Waals surface area (Å²) in [5.41, 5.74) is 1.90. The van der Waals surface area contributed by atoms with Crippen LogP contribution in [0, 0.1) is 6.92 Å². The third-order valence-electron chi connectivity index (χ3n) is 3.52. The van der Waals surface area contributed by atoms with Gasteiger partial charge in [-0.15, -0.1) is 11.3 Å². The Hall–Kier alpha value is -1.84. The maximum Gasteiger partial charge on any atom is 0.118 e. The van der Waals surface area contributed by atoms with E-state index in [1.807, 2.05) is 36.4 Å². The van der Waals surface area contributed by atoms with Gasteiger partial charge in [0.2, 0.25) is 0 Å². The van der Waals surface area contributed by atoms with Gasteiger partial charge in [-0.1, -0.05) is 30.3 Å². The molecular weight excluding hydrogens is 268 g/mol. The van der Waals surface area contributed by atoms with Crippen LogP contribution >= 0.6 is 11.3 Å². The van der Waals surface area contributed by atoms with Crippen LogP contribution in [-0.4, -0.2) is 12.2 Å². The second-order valence-electron chi connectivity index (χ2n) is 4.74. The number of aliphatic hydroxyl groups excluding tert-OH is 1. The molecule has 1 aromatic heterocycles. The van der Waals surface area contributed by atoms with Crippen molar-refractivity contribution in [1.29, 1.82) is 0 Å². The van der Waals surface area contributed by atoms with Crippen LogP contribution in [0.3, 0.4) is 0 Å². The molecule has 2 nitrogen and oxygen atoms in total. The van der Waals surface area contributed by atoms with Crippen molar-refractivity contribution in [2.75, 3.05) is 7.11 Å². The van der Waals surface area contributed by atoms with Gasteiger partial charge in [0.15, 0.2) is 0 Å². The van der Waals surface area contributed by atoms with E-state index in [1.54, 1.807) is 18.4 Å². The molecule has 2 aromatic carbocycles. The Kier molecular flexibility index (Phi) is 3.47. The summed E-state index contributed by atoms with van der Waals surface area (Å²) in [6, 6.07) is 15.8. The molecule has 3 heteroatoms. The van der Waals surface area contributed by atoms with Crippen LogP contribution in [0.25, 0.3) is 10.1 Å². The van der Waals surface area contributed by atoms with E-state index in [4.69, 9.17) is 4.74 Å². The number of rotatable bonds is 3. The summed E-state index contributed by atoms with van der Waals surface area (Å²) in [5, 5.41) is 11.8. The Labute approximate surface area is 122 Å². The highest BCUT2D eigenvalue weighted by Gasteiger charge is 2.18. The topological polar surface area (TPSA) is 29.5 Å². The molecule has 0 bridgehead atoms. The second kappa shape index (κ2) is 5.27. The Bertz CT molecular complexity index is 728. The van der Waals surface area contributed by atoms with E-state index < -0.39 is 6.10 Å². The number of fused-ring (bicyclic) bond motifs is 1. The third-order valence-corrected chi connectivity index (χ3v) is 4.63. The number of benzene rings is 2. The number of aryl methyl sites for hydroxylation is 1. The molecule has 0 aliphatic rings. The lowest BCUT2D eigenvalue weighted by Gasteiger charge is -2.12. The molecule has 0 radical (unpaired) electrons. The summed E-state index contributed by atoms with van der Waals surface area (Å²) in [6.45, 7) is 2.06. The number of hydrogen-bond acceptors (Lipinski definition) is 3. The first-order chi connectivity index (χ1) is 9.70. The van der Waals surface area contributed by atoms with Crippen LogP contribution in [0.1, 0.15) is 22.1 Å². The summed E-state index contributed by atoms with van der Waals surface area (Å²) in [7, 11) is 1.64. The molecule has 3 rings (SSSR count). The van der Waals surface area contributed by atoms with Gasteiger partial charge in [0, 0.05) is 15.1 Å². The van der Waals surface area contributed by atoms with E-state index in [0.717, 1.165) is 27.1 Å². The summed E-state index contributed by atoms with van der Waals surface area (Å²) >= 11 is 1.72. The highest BCUT2D eigenvalue weighted by Crippen LogP contribution is 2.37. The first-order valence-electron chi connectivity index (χ1n) is 6.50. The molecule has 1 N–H and O–H groups in total. The number of thiophene rings is 1. The lowest BCUT2D eigenvalue weighted by molar-refractivity contribution is 0.221. The van der Waals surface area contributed by atoms with E-state index in [1.165, 1.54) is 4.70 Å². The highest BCUT2D eigenvalue weighted by atomic mass is 32.1. The molecule has 1 unspecified atom stereocenters. The van der Waals surface area contributed by atoms with Crippen molar-refractivity contribution >= 4 is 21.4 Å². The first-order valence-corrected chi connectivity index (χ1v) is 7.32. The van der Waals surface area contributed by atoms with Crippen molar-refractivity contribution in [3.63, 3.8) is 0 Å². The van der Waals surface area contributed by atoms with E-state index in [2.05, 4.69) is 19.1 Å². The average Bonchev–Trinajstić information content (AvgIpc) is 2.82. The molecule has 0 spiro atoms. The van der Waals surface area contributed by atoms with E-state index in [0.29, 0.717) is 0 Å². The molecule has 0 amide bonds. The fourth-order valence-corrected chi connectivity index (χ4v) is 3.58. The molecule has 1 heterocycles. The Balaban J connectivity index is 2.07. The third kappa shape index (κ3) is 2.19. The van der Waals surface area contributed by atoms with Crippen LogP contribution in [0.15, 0.2) is 48.5 Å². The van der Waals surface area contributed by atoms with Gasteiger partial charge < -0.3 is 9.84 Å². The lowest BCUT2D eigenvalue weighted by Crippen LogP contribution is -2.00. The number of hydrogen-bond donors (Lipinski definition) is 1. The van der Waals surface area contributed by atoms with Crippen LogP contribution in [0.4, 0.5) is 0 Å². The number of ether oxygens (including phenoxy) is 1. The van der Waals surface area contributed by atoms with Gasteiger partial charge in [0.25, 0.3) is 0 Å². The molecule has 1 atom stereocenters. The maximum absolute atomic E-state index is 10.7. The Morgan fingerprint density at radius 2 is 1.75 bits per heavy atom. The molecular formula is C17H16O2S. The van der Waals surface area contributed by atoms with Crippen molar-refractivity contribution in [3.8, 4) is 5.75 Å². The van der Waals surface area contributed by atoms with E-state index in [-0.39, 0.29) is 0 Å². The minimum absolute atomic E-state index is 0.600. The van der Waals surface area contributed by atoms with Gasteiger partial charge in [-0.3, -0.25) is 0 Å². The summed E-state index contributed by atoms with van der Waals surface area (Å²) < 4.78 is 6.37. The van der Waals surface area contributed by atoms with Gasteiger partial charge in [0.05, 0.1) is 7.11 Å². The molecule has 102 valence electrons. The van der Waals surface area contributed by atoms with Gasteiger partial charge in [-0.2, -0.15) is 0 Å². The van der Waals surface area contributed by atoms with Gasteiger partial charge in [-0.25, -0.2) is 0 Å². The predicted molar refractivity (Wildman–Crippen MR) is 83.6 cm³/mol. The summed E-state index contributed by atoms with van der Waals surface area (Å²) in [6.07, 6.45) is -0.600. The monoisotopic (exact) mass is 284 g/mol. The van der Waals surface area contributed by atoms with Crippen molar-refractivity contribution in [2.45, 2.75) is 13.0 Å². The van der Waals surface area contributed by atoms with Gasteiger partial charge in [0.1, 0.15) is 11.9 Å². The Morgan fingerprint density at radius 3 is 2.45 bits per heavy atom. The zero-order chi connectivity index (χ0) is 14.1. The largest absolute Gasteiger partial charge is 0.497 e. The fraction of sp³-hybridized carbons (Fsp3) is 0.176. The van der Waals surface area contributed by atoms with Crippen molar-refractivity contribution in [3.05, 3.63) is 64.5 Å². The molecule has 0 aliphatic carbocycles. The normalized spacial score (nSPS) is 12.6. The Morgan fingerprint density at radius 1 is 1.05 bits per heavy atom. The number of methoxy groups -OCH3 is 1. The molecule has 0 fully saturated rings. The molecule has 20 heavy (non-hydrogen) atoms. The smallest absolute Gasteiger partial charge is 0.118 e. The molecule has 0 saturated carbocycles. The second-order valence-corrected chi connectivity index (χ2v) is 6.00. The minimum Gasteiger partial charge on any atom is -0.497 e. The zero-order valence-electron chi connectivity index (χ0n) is 11.5. The van der Waals surface area contributed by atoms with Crippen molar-refractivity contribution in [1.82, 2.24) is 0 Å². The lowest BCUT2D eigenvalue weighted by atomic mass is 9.99. The standard InChI is InChI=1S/C17H16O2S/c1-11-16(14-5-3-4-6-15(14)20-11)17(18)12-7-9-13(19-2)10-8-12/h3-10,17-18H,1-2H3. The molecule has 0 saturated heterocycles. The quantitative estimate of drug-likeness (QED) is 0.777. The maximum atomic E-state index is 10.7. The van der Waals surface area contributed by atoms with Gasteiger partial charge >= 0.3 is 0 Å². The van der Waals surface area contributed by atoms with Crippen LogP contribution < -0.4 is 4.74 Å². The SMILES string of the molecule is COc1ccc(C(O)c2c(C)sc3ccccc23)cc1. The predicted octanol–water partition coefficient (Wildman–Crippen LogP) is 4.30. The summed E-state index contributed by atoms with van der Waals surface area (Å²) in [4.78, 5) is 1.16. The summed E-state index contributed by atoms with van der Waals surface area (Å²) in [5.74, 6) is 0.799.